The van der Waals surface area contributed by atoms with E-state index in [0.717, 1.165) is 28.2 Å². The minimum atomic E-state index is -4.50. The first kappa shape index (κ1) is 15.8. The lowest BCUT2D eigenvalue weighted by Gasteiger charge is -2.08. The molecule has 1 heterocycles. The number of hydrogen-bond donors (Lipinski definition) is 0. The van der Waals surface area contributed by atoms with E-state index in [2.05, 4.69) is 0 Å². The highest BCUT2D eigenvalue weighted by atomic mass is 35.5. The maximum absolute atomic E-state index is 12.7. The fraction of sp³-hybridized carbons (Fsp3) is 0.0625. The van der Waals surface area contributed by atoms with E-state index in [-0.39, 0.29) is 15.6 Å². The summed E-state index contributed by atoms with van der Waals surface area (Å²) >= 11 is 7.28. The number of halogens is 4. The molecule has 0 fully saturated rings. The van der Waals surface area contributed by atoms with Crippen LogP contribution in [0.5, 0.6) is 5.75 Å². The van der Waals surface area contributed by atoms with Crippen molar-refractivity contribution in [2.24, 2.45) is 0 Å². The van der Waals surface area contributed by atoms with Crippen LogP contribution < -0.4 is 4.74 Å². The van der Waals surface area contributed by atoms with Crippen LogP contribution in [-0.2, 0) is 6.18 Å². The molecule has 0 aliphatic rings. The fourth-order valence-corrected chi connectivity index (χ4v) is 3.42. The number of rotatable bonds is 2. The molecule has 3 rings (SSSR count). The van der Waals surface area contributed by atoms with Gasteiger partial charge in [-0.1, -0.05) is 35.9 Å². The van der Waals surface area contributed by atoms with E-state index >= 15 is 0 Å². The molecule has 0 unspecified atom stereocenters. The fourth-order valence-electron chi connectivity index (χ4n) is 2.03. The lowest BCUT2D eigenvalue weighted by atomic mass is 10.2. The molecule has 0 saturated heterocycles. The van der Waals surface area contributed by atoms with Gasteiger partial charge in [-0.2, -0.15) is 13.2 Å². The van der Waals surface area contributed by atoms with Crippen LogP contribution >= 0.6 is 22.9 Å². The van der Waals surface area contributed by atoms with Crippen LogP contribution in [0.25, 0.3) is 10.1 Å². The lowest BCUT2D eigenvalue weighted by Crippen LogP contribution is -2.09. The van der Waals surface area contributed by atoms with Crippen molar-refractivity contribution in [1.29, 1.82) is 0 Å². The van der Waals surface area contributed by atoms with E-state index in [0.29, 0.717) is 5.39 Å². The Kier molecular flexibility index (Phi) is 4.04. The average molecular weight is 357 g/mol. The molecule has 0 spiro atoms. The molecule has 2 nitrogen and oxygen atoms in total. The molecule has 3 aromatic rings. The predicted octanol–water partition coefficient (Wildman–Crippen LogP) is 5.79. The Morgan fingerprint density at radius 2 is 1.83 bits per heavy atom. The van der Waals surface area contributed by atoms with E-state index in [1.165, 1.54) is 12.1 Å². The van der Waals surface area contributed by atoms with Crippen LogP contribution in [0.1, 0.15) is 15.2 Å². The third kappa shape index (κ3) is 3.18. The number of thiophene rings is 1. The second-order valence-corrected chi connectivity index (χ2v) is 6.09. The normalized spacial score (nSPS) is 11.7. The zero-order valence-electron chi connectivity index (χ0n) is 11.4. The highest BCUT2D eigenvalue weighted by molar-refractivity contribution is 7.21. The molecular weight excluding hydrogens is 349 g/mol. The first-order valence-electron chi connectivity index (χ1n) is 6.43. The van der Waals surface area contributed by atoms with Crippen molar-refractivity contribution in [1.82, 2.24) is 0 Å². The topological polar surface area (TPSA) is 26.3 Å². The van der Waals surface area contributed by atoms with Gasteiger partial charge in [-0.15, -0.1) is 11.3 Å². The number of hydrogen-bond acceptors (Lipinski definition) is 3. The molecular formula is C16H8ClF3O2S. The first-order valence-corrected chi connectivity index (χ1v) is 7.62. The van der Waals surface area contributed by atoms with Gasteiger partial charge in [0.25, 0.3) is 0 Å². The van der Waals surface area contributed by atoms with Crippen molar-refractivity contribution in [3.63, 3.8) is 0 Å². The molecule has 7 heteroatoms. The summed E-state index contributed by atoms with van der Waals surface area (Å²) in [5.41, 5.74) is -0.884. The third-order valence-corrected chi connectivity index (χ3v) is 4.75. The van der Waals surface area contributed by atoms with E-state index in [9.17, 15) is 18.0 Å². The molecule has 0 aliphatic heterocycles. The number of carbonyl (C=O) groups excluding carboxylic acids is 1. The summed E-state index contributed by atoms with van der Waals surface area (Å²) in [6.45, 7) is 0. The van der Waals surface area contributed by atoms with Gasteiger partial charge in [0.05, 0.1) is 10.6 Å². The van der Waals surface area contributed by atoms with Gasteiger partial charge in [0, 0.05) is 10.1 Å². The van der Waals surface area contributed by atoms with Crippen molar-refractivity contribution in [2.75, 3.05) is 0 Å². The Morgan fingerprint density at radius 1 is 1.09 bits per heavy atom. The number of ether oxygens (including phenoxy) is 1. The smallest absolute Gasteiger partial charge is 0.416 e. The molecule has 0 radical (unpaired) electrons. The van der Waals surface area contributed by atoms with E-state index in [4.69, 9.17) is 16.3 Å². The minimum Gasteiger partial charge on any atom is -0.422 e. The van der Waals surface area contributed by atoms with Crippen molar-refractivity contribution < 1.29 is 22.7 Å². The molecule has 1 aromatic heterocycles. The van der Waals surface area contributed by atoms with Gasteiger partial charge in [-0.25, -0.2) is 4.79 Å². The van der Waals surface area contributed by atoms with Gasteiger partial charge in [-0.3, -0.25) is 0 Å². The van der Waals surface area contributed by atoms with Crippen LogP contribution in [0, 0.1) is 0 Å². The summed E-state index contributed by atoms with van der Waals surface area (Å²) in [6.07, 6.45) is -4.50. The highest BCUT2D eigenvalue weighted by Gasteiger charge is 2.31. The summed E-state index contributed by atoms with van der Waals surface area (Å²) in [4.78, 5) is 12.3. The number of benzene rings is 2. The average Bonchev–Trinajstić information content (AvgIpc) is 2.84. The van der Waals surface area contributed by atoms with Crippen LogP contribution in [0.2, 0.25) is 5.02 Å². The SMILES string of the molecule is O=C(Oc1cccc(C(F)(F)F)c1)c1sc2ccccc2c1Cl. The van der Waals surface area contributed by atoms with Crippen LogP contribution in [-0.4, -0.2) is 5.97 Å². The molecule has 0 saturated carbocycles. The van der Waals surface area contributed by atoms with Gasteiger partial charge in [-0.05, 0) is 24.3 Å². The van der Waals surface area contributed by atoms with Gasteiger partial charge >= 0.3 is 12.1 Å². The Bertz CT molecular complexity index is 886. The summed E-state index contributed by atoms with van der Waals surface area (Å²) < 4.78 is 43.9. The molecule has 0 aliphatic carbocycles. The maximum Gasteiger partial charge on any atom is 0.416 e. The summed E-state index contributed by atoms with van der Waals surface area (Å²) in [5.74, 6) is -0.964. The van der Waals surface area contributed by atoms with Gasteiger partial charge < -0.3 is 4.74 Å². The van der Waals surface area contributed by atoms with Crippen LogP contribution in [0.3, 0.4) is 0 Å². The zero-order chi connectivity index (χ0) is 16.6. The summed E-state index contributed by atoms with van der Waals surface area (Å²) in [6, 6.07) is 11.3. The monoisotopic (exact) mass is 356 g/mol. The van der Waals surface area contributed by atoms with Gasteiger partial charge in [0.2, 0.25) is 0 Å². The Labute approximate surface area is 138 Å². The Morgan fingerprint density at radius 3 is 2.52 bits per heavy atom. The molecule has 0 bridgehead atoms. The van der Waals surface area contributed by atoms with Crippen molar-refractivity contribution in [3.8, 4) is 5.75 Å². The number of carbonyl (C=O) groups is 1. The number of esters is 1. The van der Waals surface area contributed by atoms with E-state index in [1.807, 2.05) is 0 Å². The van der Waals surface area contributed by atoms with Crippen LogP contribution in [0.4, 0.5) is 13.2 Å². The first-order chi connectivity index (χ1) is 10.9. The molecule has 0 atom stereocenters. The molecule has 23 heavy (non-hydrogen) atoms. The van der Waals surface area contributed by atoms with E-state index in [1.54, 1.807) is 24.3 Å². The number of fused-ring (bicyclic) bond motifs is 1. The molecule has 2 aromatic carbocycles. The number of alkyl halides is 3. The maximum atomic E-state index is 12.7. The summed E-state index contributed by atoms with van der Waals surface area (Å²) in [7, 11) is 0. The lowest BCUT2D eigenvalue weighted by molar-refractivity contribution is -0.137. The molecule has 118 valence electrons. The van der Waals surface area contributed by atoms with Crippen molar-refractivity contribution >= 4 is 39.0 Å². The summed E-state index contributed by atoms with van der Waals surface area (Å²) in [5, 5.41) is 0.942. The van der Waals surface area contributed by atoms with Gasteiger partial charge in [0.1, 0.15) is 10.6 Å². The quantitative estimate of drug-likeness (QED) is 0.429. The van der Waals surface area contributed by atoms with E-state index < -0.39 is 17.7 Å². The standard InChI is InChI=1S/C16H8ClF3O2S/c17-13-11-6-1-2-7-12(11)23-14(13)15(21)22-10-5-3-4-9(8-10)16(18,19)20/h1-8H. The molecule has 0 N–H and O–H groups in total. The molecule has 0 amide bonds. The van der Waals surface area contributed by atoms with Gasteiger partial charge in [0.15, 0.2) is 0 Å². The second kappa shape index (κ2) is 5.86. The van der Waals surface area contributed by atoms with Crippen LogP contribution in [0.15, 0.2) is 48.5 Å². The largest absolute Gasteiger partial charge is 0.422 e. The highest BCUT2D eigenvalue weighted by Crippen LogP contribution is 2.36. The van der Waals surface area contributed by atoms with Crippen molar-refractivity contribution in [2.45, 2.75) is 6.18 Å². The van der Waals surface area contributed by atoms with Crippen molar-refractivity contribution in [3.05, 3.63) is 64.0 Å². The third-order valence-electron chi connectivity index (χ3n) is 3.09. The minimum absolute atomic E-state index is 0.158. The Hall–Kier alpha value is -2.05. The Balaban J connectivity index is 1.91. The predicted molar refractivity (Wildman–Crippen MR) is 83.2 cm³/mol. The second-order valence-electron chi connectivity index (χ2n) is 4.66. The zero-order valence-corrected chi connectivity index (χ0v) is 12.9.